The van der Waals surface area contributed by atoms with E-state index in [0.29, 0.717) is 13.2 Å². The summed E-state index contributed by atoms with van der Waals surface area (Å²) < 4.78 is 28.0. The molecule has 0 saturated carbocycles. The molecule has 0 atom stereocenters. The summed E-state index contributed by atoms with van der Waals surface area (Å²) in [4.78, 5) is 14.8. The van der Waals surface area contributed by atoms with E-state index in [2.05, 4.69) is 4.98 Å². The first-order valence-corrected chi connectivity index (χ1v) is 5.60. The molecule has 1 heterocycles. The second-order valence-electron chi connectivity index (χ2n) is 3.44. The van der Waals surface area contributed by atoms with Gasteiger partial charge in [0, 0.05) is 26.5 Å². The van der Waals surface area contributed by atoms with Gasteiger partial charge in [-0.15, -0.1) is 0 Å². The number of halogens is 1. The standard InChI is InChI=1S/C12H16FNO4/c1-16-6-3-7-17-8-9-18-12(15)10-4-2-5-14-11(10)13/h2,4-5H,3,6-9H2,1H3. The lowest BCUT2D eigenvalue weighted by Gasteiger charge is -2.06. The maximum absolute atomic E-state index is 13.1. The molecule has 0 fully saturated rings. The molecule has 0 spiro atoms. The Morgan fingerprint density at radius 2 is 2.17 bits per heavy atom. The van der Waals surface area contributed by atoms with Crippen molar-refractivity contribution in [1.29, 1.82) is 0 Å². The van der Waals surface area contributed by atoms with Gasteiger partial charge in [-0.3, -0.25) is 0 Å². The lowest BCUT2D eigenvalue weighted by Crippen LogP contribution is -2.13. The van der Waals surface area contributed by atoms with Gasteiger partial charge in [0.2, 0.25) is 5.95 Å². The molecule has 0 N–H and O–H groups in total. The van der Waals surface area contributed by atoms with Crippen LogP contribution in [0.2, 0.25) is 0 Å². The molecule has 5 nitrogen and oxygen atoms in total. The van der Waals surface area contributed by atoms with E-state index in [1.165, 1.54) is 18.3 Å². The number of carbonyl (C=O) groups is 1. The van der Waals surface area contributed by atoms with Gasteiger partial charge in [-0.05, 0) is 18.6 Å². The van der Waals surface area contributed by atoms with Crippen LogP contribution in [-0.4, -0.2) is 44.5 Å². The normalized spacial score (nSPS) is 10.3. The fourth-order valence-electron chi connectivity index (χ4n) is 1.22. The third-order valence-electron chi connectivity index (χ3n) is 2.08. The molecule has 0 aliphatic rings. The van der Waals surface area contributed by atoms with Crippen molar-refractivity contribution in [1.82, 2.24) is 4.98 Å². The number of rotatable bonds is 8. The zero-order valence-corrected chi connectivity index (χ0v) is 10.2. The number of nitrogens with zero attached hydrogens (tertiary/aromatic N) is 1. The van der Waals surface area contributed by atoms with Crippen molar-refractivity contribution in [2.75, 3.05) is 33.5 Å². The van der Waals surface area contributed by atoms with E-state index in [1.807, 2.05) is 0 Å². The summed E-state index contributed by atoms with van der Waals surface area (Å²) in [6.07, 6.45) is 2.05. The smallest absolute Gasteiger partial charge is 0.342 e. The molecule has 6 heteroatoms. The van der Waals surface area contributed by atoms with Gasteiger partial charge in [-0.1, -0.05) is 0 Å². The van der Waals surface area contributed by atoms with Crippen LogP contribution in [-0.2, 0) is 14.2 Å². The minimum Gasteiger partial charge on any atom is -0.460 e. The highest BCUT2D eigenvalue weighted by Gasteiger charge is 2.12. The number of pyridine rings is 1. The van der Waals surface area contributed by atoms with Gasteiger partial charge in [0.15, 0.2) is 0 Å². The highest BCUT2D eigenvalue weighted by atomic mass is 19.1. The van der Waals surface area contributed by atoms with Crippen LogP contribution in [0.5, 0.6) is 0 Å². The molecular weight excluding hydrogens is 241 g/mol. The topological polar surface area (TPSA) is 57.7 Å². The zero-order valence-electron chi connectivity index (χ0n) is 10.2. The summed E-state index contributed by atoms with van der Waals surface area (Å²) in [5, 5.41) is 0. The fourth-order valence-corrected chi connectivity index (χ4v) is 1.22. The third kappa shape index (κ3) is 5.20. The van der Waals surface area contributed by atoms with Gasteiger partial charge < -0.3 is 14.2 Å². The summed E-state index contributed by atoms with van der Waals surface area (Å²) in [5.41, 5.74) is -0.170. The molecule has 100 valence electrons. The average Bonchev–Trinajstić information content (AvgIpc) is 2.38. The highest BCUT2D eigenvalue weighted by molar-refractivity contribution is 5.89. The summed E-state index contributed by atoms with van der Waals surface area (Å²) in [7, 11) is 1.62. The van der Waals surface area contributed by atoms with Crippen molar-refractivity contribution in [2.45, 2.75) is 6.42 Å². The largest absolute Gasteiger partial charge is 0.460 e. The Hall–Kier alpha value is -1.53. The van der Waals surface area contributed by atoms with Crippen molar-refractivity contribution in [3.8, 4) is 0 Å². The van der Waals surface area contributed by atoms with Crippen molar-refractivity contribution in [3.05, 3.63) is 29.8 Å². The molecule has 0 saturated heterocycles. The van der Waals surface area contributed by atoms with E-state index in [0.717, 1.165) is 6.42 Å². The predicted molar refractivity (Wildman–Crippen MR) is 61.8 cm³/mol. The molecule has 0 aliphatic heterocycles. The molecule has 0 bridgehead atoms. The molecule has 0 aromatic carbocycles. The second-order valence-corrected chi connectivity index (χ2v) is 3.44. The zero-order chi connectivity index (χ0) is 13.2. The number of ether oxygens (including phenoxy) is 3. The Balaban J connectivity index is 2.16. The molecule has 0 radical (unpaired) electrons. The van der Waals surface area contributed by atoms with Crippen LogP contribution in [0.1, 0.15) is 16.8 Å². The molecule has 0 amide bonds. The quantitative estimate of drug-likeness (QED) is 0.400. The van der Waals surface area contributed by atoms with Gasteiger partial charge in [-0.25, -0.2) is 9.78 Å². The van der Waals surface area contributed by atoms with Crippen LogP contribution < -0.4 is 0 Å². The number of hydrogen-bond acceptors (Lipinski definition) is 5. The molecule has 0 unspecified atom stereocenters. The maximum Gasteiger partial charge on any atom is 0.342 e. The van der Waals surface area contributed by atoms with Crippen molar-refractivity contribution >= 4 is 5.97 Å². The Labute approximate surface area is 105 Å². The molecule has 1 aromatic rings. The van der Waals surface area contributed by atoms with Gasteiger partial charge in [0.25, 0.3) is 0 Å². The van der Waals surface area contributed by atoms with Crippen LogP contribution in [0.4, 0.5) is 4.39 Å². The molecule has 0 aliphatic carbocycles. The number of carbonyl (C=O) groups excluding carboxylic acids is 1. The minimum absolute atomic E-state index is 0.0835. The fraction of sp³-hybridized carbons (Fsp3) is 0.500. The van der Waals surface area contributed by atoms with Crippen molar-refractivity contribution in [2.24, 2.45) is 0 Å². The molecule has 1 rings (SSSR count). The van der Waals surface area contributed by atoms with E-state index in [-0.39, 0.29) is 18.8 Å². The van der Waals surface area contributed by atoms with Gasteiger partial charge in [-0.2, -0.15) is 4.39 Å². The number of esters is 1. The number of hydrogen-bond donors (Lipinski definition) is 0. The SMILES string of the molecule is COCCCOCCOC(=O)c1cccnc1F. The molecule has 1 aromatic heterocycles. The first kappa shape index (κ1) is 14.5. The average molecular weight is 257 g/mol. The monoisotopic (exact) mass is 257 g/mol. The van der Waals surface area contributed by atoms with Crippen molar-refractivity contribution < 1.29 is 23.4 Å². The first-order valence-electron chi connectivity index (χ1n) is 5.60. The summed E-state index contributed by atoms with van der Waals surface area (Å²) in [6, 6.07) is 2.80. The van der Waals surface area contributed by atoms with Crippen LogP contribution in [0.25, 0.3) is 0 Å². The van der Waals surface area contributed by atoms with E-state index >= 15 is 0 Å². The summed E-state index contributed by atoms with van der Waals surface area (Å²) in [6.45, 7) is 1.52. The van der Waals surface area contributed by atoms with Crippen LogP contribution in [0, 0.1) is 5.95 Å². The van der Waals surface area contributed by atoms with Crippen LogP contribution >= 0.6 is 0 Å². The van der Waals surface area contributed by atoms with Gasteiger partial charge in [0.05, 0.1) is 6.61 Å². The Bertz CT molecular complexity index is 373. The van der Waals surface area contributed by atoms with E-state index in [9.17, 15) is 9.18 Å². The summed E-state index contributed by atoms with van der Waals surface area (Å²) >= 11 is 0. The Morgan fingerprint density at radius 3 is 2.89 bits per heavy atom. The number of methoxy groups -OCH3 is 1. The highest BCUT2D eigenvalue weighted by Crippen LogP contribution is 2.04. The molecule has 18 heavy (non-hydrogen) atoms. The predicted octanol–water partition coefficient (Wildman–Crippen LogP) is 1.43. The first-order chi connectivity index (χ1) is 8.75. The molecular formula is C12H16FNO4. The van der Waals surface area contributed by atoms with Gasteiger partial charge >= 0.3 is 5.97 Å². The van der Waals surface area contributed by atoms with E-state index in [4.69, 9.17) is 14.2 Å². The van der Waals surface area contributed by atoms with E-state index in [1.54, 1.807) is 7.11 Å². The third-order valence-corrected chi connectivity index (χ3v) is 2.08. The number of aromatic nitrogens is 1. The maximum atomic E-state index is 13.1. The van der Waals surface area contributed by atoms with Crippen LogP contribution in [0.15, 0.2) is 18.3 Å². The Morgan fingerprint density at radius 1 is 1.33 bits per heavy atom. The van der Waals surface area contributed by atoms with Gasteiger partial charge in [0.1, 0.15) is 12.2 Å². The summed E-state index contributed by atoms with van der Waals surface area (Å²) in [5.74, 6) is -1.57. The Kier molecular flexibility index (Phi) is 6.90. The minimum atomic E-state index is -0.830. The lowest BCUT2D eigenvalue weighted by atomic mass is 10.3. The van der Waals surface area contributed by atoms with E-state index < -0.39 is 11.9 Å². The second kappa shape index (κ2) is 8.54. The van der Waals surface area contributed by atoms with Crippen molar-refractivity contribution in [3.63, 3.8) is 0 Å². The lowest BCUT2D eigenvalue weighted by molar-refractivity contribution is 0.0283. The van der Waals surface area contributed by atoms with Crippen LogP contribution in [0.3, 0.4) is 0 Å².